The molecule has 3 heteroatoms. The van der Waals surface area contributed by atoms with E-state index in [1.807, 2.05) is 33.0 Å². The highest BCUT2D eigenvalue weighted by molar-refractivity contribution is 6.02. The molecule has 0 spiro atoms. The van der Waals surface area contributed by atoms with Crippen LogP contribution >= 0.6 is 0 Å². The first kappa shape index (κ1) is 12.7. The van der Waals surface area contributed by atoms with E-state index in [2.05, 4.69) is 23.8 Å². The average molecular weight is 219 g/mol. The van der Waals surface area contributed by atoms with Gasteiger partial charge in [0, 0.05) is 17.6 Å². The highest BCUT2D eigenvalue weighted by Crippen LogP contribution is 2.18. The number of rotatable bonds is 4. The number of aromatic amines is 1. The van der Waals surface area contributed by atoms with Crippen LogP contribution in [0.4, 0.5) is 0 Å². The van der Waals surface area contributed by atoms with Crippen molar-refractivity contribution in [1.29, 1.82) is 5.41 Å². The lowest BCUT2D eigenvalue weighted by molar-refractivity contribution is 0.775. The zero-order chi connectivity index (χ0) is 12.3. The molecule has 0 aliphatic heterocycles. The van der Waals surface area contributed by atoms with Gasteiger partial charge in [-0.25, -0.2) is 4.98 Å². The lowest BCUT2D eigenvalue weighted by Crippen LogP contribution is -2.13. The van der Waals surface area contributed by atoms with Gasteiger partial charge in [-0.1, -0.05) is 27.7 Å². The minimum atomic E-state index is 0.254. The second-order valence-corrected chi connectivity index (χ2v) is 4.77. The zero-order valence-electron chi connectivity index (χ0n) is 10.8. The molecule has 0 amide bonds. The van der Waals surface area contributed by atoms with E-state index in [4.69, 9.17) is 5.41 Å². The van der Waals surface area contributed by atoms with Crippen molar-refractivity contribution < 1.29 is 0 Å². The molecule has 0 aromatic carbocycles. The summed E-state index contributed by atoms with van der Waals surface area (Å²) in [5, 5.41) is 8.08. The van der Waals surface area contributed by atoms with E-state index in [-0.39, 0.29) is 5.92 Å². The third kappa shape index (κ3) is 3.05. The summed E-state index contributed by atoms with van der Waals surface area (Å²) in [5.41, 5.74) is 2.80. The van der Waals surface area contributed by atoms with Gasteiger partial charge in [-0.3, -0.25) is 0 Å². The van der Waals surface area contributed by atoms with Gasteiger partial charge in [0.2, 0.25) is 0 Å². The topological polar surface area (TPSA) is 52.5 Å². The van der Waals surface area contributed by atoms with E-state index in [1.54, 1.807) is 0 Å². The Balaban J connectivity index is 3.03. The standard InChI is InChI=1S/C13H21N3/c1-8(2)11(13(14)9(3)4)6-12-15-7-10(5)16-12/h6-9,14H,1-5H3,(H,15,16)/b11-6-,14-13?. The third-order valence-electron chi connectivity index (χ3n) is 2.53. The SMILES string of the molecule is Cc1cnc(/C=C(\C(=N)C(C)C)C(C)C)[nH]1. The molecule has 0 atom stereocenters. The quantitative estimate of drug-likeness (QED) is 0.749. The Bertz CT molecular complexity index is 397. The fraction of sp³-hybridized carbons (Fsp3) is 0.538. The predicted octanol–water partition coefficient (Wildman–Crippen LogP) is 3.43. The van der Waals surface area contributed by atoms with Crippen LogP contribution in [0.25, 0.3) is 6.08 Å². The van der Waals surface area contributed by atoms with E-state index in [0.29, 0.717) is 11.6 Å². The lowest BCUT2D eigenvalue weighted by atomic mass is 9.91. The maximum absolute atomic E-state index is 8.08. The molecule has 1 heterocycles. The molecule has 0 saturated heterocycles. The summed E-state index contributed by atoms with van der Waals surface area (Å²) < 4.78 is 0. The first-order valence-corrected chi connectivity index (χ1v) is 5.73. The lowest BCUT2D eigenvalue weighted by Gasteiger charge is -2.15. The van der Waals surface area contributed by atoms with Gasteiger partial charge >= 0.3 is 0 Å². The van der Waals surface area contributed by atoms with Crippen LogP contribution in [-0.2, 0) is 0 Å². The van der Waals surface area contributed by atoms with E-state index >= 15 is 0 Å². The number of imidazole rings is 1. The molecule has 2 N–H and O–H groups in total. The van der Waals surface area contributed by atoms with Crippen molar-refractivity contribution in [3.05, 3.63) is 23.3 Å². The molecule has 0 bridgehead atoms. The molecule has 88 valence electrons. The summed E-state index contributed by atoms with van der Waals surface area (Å²) in [7, 11) is 0. The molecular formula is C13H21N3. The predicted molar refractivity (Wildman–Crippen MR) is 68.7 cm³/mol. The first-order chi connectivity index (χ1) is 7.41. The number of nitrogens with zero attached hydrogens (tertiary/aromatic N) is 1. The van der Waals surface area contributed by atoms with Crippen molar-refractivity contribution in [2.24, 2.45) is 11.8 Å². The second kappa shape index (κ2) is 5.10. The summed E-state index contributed by atoms with van der Waals surface area (Å²) in [6.45, 7) is 10.3. The number of hydrogen-bond donors (Lipinski definition) is 2. The molecule has 16 heavy (non-hydrogen) atoms. The van der Waals surface area contributed by atoms with E-state index in [9.17, 15) is 0 Å². The minimum Gasteiger partial charge on any atom is -0.343 e. The number of allylic oxidation sites excluding steroid dienone is 1. The summed E-state index contributed by atoms with van der Waals surface area (Å²) in [4.78, 5) is 7.42. The van der Waals surface area contributed by atoms with Gasteiger partial charge in [0.1, 0.15) is 5.82 Å². The Labute approximate surface area is 97.5 Å². The van der Waals surface area contributed by atoms with Gasteiger partial charge in [-0.15, -0.1) is 0 Å². The van der Waals surface area contributed by atoms with Gasteiger partial charge in [0.15, 0.2) is 0 Å². The molecule has 0 aliphatic carbocycles. The largest absolute Gasteiger partial charge is 0.343 e. The Kier molecular flexibility index (Phi) is 4.05. The van der Waals surface area contributed by atoms with E-state index in [0.717, 1.165) is 17.1 Å². The van der Waals surface area contributed by atoms with Crippen molar-refractivity contribution in [2.45, 2.75) is 34.6 Å². The maximum atomic E-state index is 8.08. The molecule has 0 fully saturated rings. The number of H-pyrrole nitrogens is 1. The van der Waals surface area contributed by atoms with E-state index < -0.39 is 0 Å². The van der Waals surface area contributed by atoms with Crippen LogP contribution in [0.3, 0.4) is 0 Å². The molecule has 0 unspecified atom stereocenters. The summed E-state index contributed by atoms with van der Waals surface area (Å²) in [6.07, 6.45) is 3.79. The molecule has 1 aromatic heterocycles. The molecule has 0 saturated carbocycles. The number of hydrogen-bond acceptors (Lipinski definition) is 2. The molecule has 1 aromatic rings. The highest BCUT2D eigenvalue weighted by atomic mass is 14.9. The van der Waals surface area contributed by atoms with Gasteiger partial charge in [0.05, 0.1) is 0 Å². The van der Waals surface area contributed by atoms with Crippen LogP contribution in [0, 0.1) is 24.2 Å². The molecule has 0 aliphatic rings. The second-order valence-electron chi connectivity index (χ2n) is 4.77. The van der Waals surface area contributed by atoms with Crippen molar-refractivity contribution in [1.82, 2.24) is 9.97 Å². The summed E-state index contributed by atoms with van der Waals surface area (Å²) in [5.74, 6) is 1.44. The Hall–Kier alpha value is -1.38. The number of nitrogens with one attached hydrogen (secondary N) is 2. The monoisotopic (exact) mass is 219 g/mol. The molecule has 0 radical (unpaired) electrons. The zero-order valence-corrected chi connectivity index (χ0v) is 10.8. The first-order valence-electron chi connectivity index (χ1n) is 5.73. The van der Waals surface area contributed by atoms with Crippen molar-refractivity contribution in [3.8, 4) is 0 Å². The number of aryl methyl sites for hydroxylation is 1. The van der Waals surface area contributed by atoms with Crippen molar-refractivity contribution in [3.63, 3.8) is 0 Å². The highest BCUT2D eigenvalue weighted by Gasteiger charge is 2.13. The maximum Gasteiger partial charge on any atom is 0.130 e. The Morgan fingerprint density at radius 3 is 2.31 bits per heavy atom. The normalized spacial score (nSPS) is 12.6. The van der Waals surface area contributed by atoms with Gasteiger partial charge in [-0.2, -0.15) is 0 Å². The Morgan fingerprint density at radius 1 is 1.31 bits per heavy atom. The molecular weight excluding hydrogens is 198 g/mol. The fourth-order valence-electron chi connectivity index (χ4n) is 1.54. The molecule has 1 rings (SSSR count). The van der Waals surface area contributed by atoms with Gasteiger partial charge in [0.25, 0.3) is 0 Å². The number of aromatic nitrogens is 2. The molecule has 3 nitrogen and oxygen atoms in total. The van der Waals surface area contributed by atoms with Crippen LogP contribution in [-0.4, -0.2) is 15.7 Å². The minimum absolute atomic E-state index is 0.254. The summed E-state index contributed by atoms with van der Waals surface area (Å²) >= 11 is 0. The Morgan fingerprint density at radius 2 is 1.94 bits per heavy atom. The van der Waals surface area contributed by atoms with Gasteiger partial charge < -0.3 is 10.4 Å². The van der Waals surface area contributed by atoms with Crippen LogP contribution in [0.5, 0.6) is 0 Å². The fourth-order valence-corrected chi connectivity index (χ4v) is 1.54. The summed E-state index contributed by atoms with van der Waals surface area (Å²) in [6, 6.07) is 0. The van der Waals surface area contributed by atoms with Crippen LogP contribution < -0.4 is 0 Å². The van der Waals surface area contributed by atoms with Crippen molar-refractivity contribution in [2.75, 3.05) is 0 Å². The van der Waals surface area contributed by atoms with Gasteiger partial charge in [-0.05, 0) is 30.4 Å². The average Bonchev–Trinajstić information content (AvgIpc) is 2.59. The van der Waals surface area contributed by atoms with Crippen LogP contribution in [0.15, 0.2) is 11.8 Å². The third-order valence-corrected chi connectivity index (χ3v) is 2.53. The van der Waals surface area contributed by atoms with Crippen LogP contribution in [0.1, 0.15) is 39.2 Å². The smallest absolute Gasteiger partial charge is 0.130 e. The van der Waals surface area contributed by atoms with Crippen molar-refractivity contribution >= 4 is 11.8 Å². The van der Waals surface area contributed by atoms with E-state index in [1.165, 1.54) is 0 Å². The van der Waals surface area contributed by atoms with Crippen LogP contribution in [0.2, 0.25) is 0 Å².